The number of carbonyl (C=O) groups is 2. The maximum absolute atomic E-state index is 11.4. The van der Waals surface area contributed by atoms with Crippen LogP contribution in [-0.4, -0.2) is 66.6 Å². The molecule has 0 aromatic carbocycles. The summed E-state index contributed by atoms with van der Waals surface area (Å²) < 4.78 is 57.7. The molecule has 0 aliphatic rings. The quantitative estimate of drug-likeness (QED) is 0.341. The molecule has 0 heterocycles. The largest absolute Gasteiger partial charge is 0.461 e. The molecule has 24 heavy (non-hydrogen) atoms. The van der Waals surface area contributed by atoms with E-state index in [1.807, 2.05) is 0 Å². The Morgan fingerprint density at radius 1 is 0.833 bits per heavy atom. The van der Waals surface area contributed by atoms with Crippen molar-refractivity contribution in [1.82, 2.24) is 9.44 Å². The van der Waals surface area contributed by atoms with Crippen molar-refractivity contribution >= 4 is 32.0 Å². The highest BCUT2D eigenvalue weighted by atomic mass is 32.2. The number of esters is 2. The summed E-state index contributed by atoms with van der Waals surface area (Å²) in [5.74, 6) is -1.70. The molecule has 0 rings (SSSR count). The molecule has 0 bridgehead atoms. The Morgan fingerprint density at radius 2 is 1.12 bits per heavy atom. The zero-order valence-electron chi connectivity index (χ0n) is 13.8. The van der Waals surface area contributed by atoms with Crippen molar-refractivity contribution in [3.05, 3.63) is 12.2 Å². The van der Waals surface area contributed by atoms with Crippen LogP contribution in [0.25, 0.3) is 0 Å². The summed E-state index contributed by atoms with van der Waals surface area (Å²) in [4.78, 5) is 22.7. The minimum absolute atomic E-state index is 0.208. The molecule has 2 N–H and O–H groups in total. The summed E-state index contributed by atoms with van der Waals surface area (Å²) in [6.07, 6.45) is 3.59. The number of sulfonamides is 2. The van der Waals surface area contributed by atoms with Crippen LogP contribution in [0.4, 0.5) is 0 Å². The molecule has 10 nitrogen and oxygen atoms in total. The van der Waals surface area contributed by atoms with Crippen LogP contribution in [0.2, 0.25) is 0 Å². The molecule has 0 aliphatic heterocycles. The molecule has 0 saturated carbocycles. The van der Waals surface area contributed by atoms with Gasteiger partial charge in [0.15, 0.2) is 0 Å². The third-order valence-electron chi connectivity index (χ3n) is 2.14. The third-order valence-corrected chi connectivity index (χ3v) is 3.80. The van der Waals surface area contributed by atoms with Gasteiger partial charge in [0.25, 0.3) is 0 Å². The van der Waals surface area contributed by atoms with Crippen LogP contribution < -0.4 is 9.44 Å². The molecule has 0 amide bonds. The van der Waals surface area contributed by atoms with Crippen LogP contribution in [-0.2, 0) is 39.1 Å². The molecule has 0 aromatic rings. The maximum atomic E-state index is 11.4. The molecule has 0 unspecified atom stereocenters. The molecule has 0 spiro atoms. The number of nitrogens with one attached hydrogen (secondary N) is 2. The van der Waals surface area contributed by atoms with E-state index in [0.717, 1.165) is 24.7 Å². The molecule has 140 valence electrons. The Balaban J connectivity index is 4.15. The summed E-state index contributed by atoms with van der Waals surface area (Å²) in [6, 6.07) is -1.24. The normalized spacial score (nSPS) is 15.0. The fraction of sp³-hybridized carbons (Fsp3) is 0.667. The first-order chi connectivity index (χ1) is 10.8. The lowest BCUT2D eigenvalue weighted by molar-refractivity contribution is -0.141. The second kappa shape index (κ2) is 9.71. The first kappa shape index (κ1) is 22.5. The van der Waals surface area contributed by atoms with E-state index in [-0.39, 0.29) is 13.2 Å². The van der Waals surface area contributed by atoms with Gasteiger partial charge in [0, 0.05) is 12.2 Å². The lowest BCUT2D eigenvalue weighted by atomic mass is 10.4. The molecule has 2 atom stereocenters. The van der Waals surface area contributed by atoms with Crippen LogP contribution in [0.15, 0.2) is 12.2 Å². The highest BCUT2D eigenvalue weighted by molar-refractivity contribution is 7.89. The Kier molecular flexibility index (Phi) is 9.11. The zero-order valence-corrected chi connectivity index (χ0v) is 15.4. The van der Waals surface area contributed by atoms with Crippen molar-refractivity contribution in [3.8, 4) is 0 Å². The van der Waals surface area contributed by atoms with E-state index in [0.29, 0.717) is 0 Å². The van der Waals surface area contributed by atoms with Gasteiger partial charge in [-0.3, -0.25) is 0 Å². The molecule has 0 fully saturated rings. The first-order valence-electron chi connectivity index (χ1n) is 6.74. The van der Waals surface area contributed by atoms with E-state index in [1.54, 1.807) is 0 Å². The second-order valence-electron chi connectivity index (χ2n) is 5.18. The highest BCUT2D eigenvalue weighted by Crippen LogP contribution is 1.93. The minimum atomic E-state index is -3.41. The molecular weight excluding hydrogens is 364 g/mol. The van der Waals surface area contributed by atoms with Crippen LogP contribution in [0.3, 0.4) is 0 Å². The summed E-state index contributed by atoms with van der Waals surface area (Å²) in [7, 11) is -6.82. The third kappa shape index (κ3) is 14.1. The van der Waals surface area contributed by atoms with E-state index in [1.165, 1.54) is 13.8 Å². The van der Waals surface area contributed by atoms with Crippen molar-refractivity contribution in [2.24, 2.45) is 0 Å². The predicted molar refractivity (Wildman–Crippen MR) is 85.9 cm³/mol. The van der Waals surface area contributed by atoms with Gasteiger partial charge in [-0.1, -0.05) is 0 Å². The monoisotopic (exact) mass is 386 g/mol. The van der Waals surface area contributed by atoms with E-state index < -0.39 is 44.1 Å². The Bertz CT molecular complexity index is 611. The van der Waals surface area contributed by atoms with E-state index >= 15 is 0 Å². The Morgan fingerprint density at radius 3 is 1.38 bits per heavy atom. The van der Waals surface area contributed by atoms with Gasteiger partial charge in [-0.05, 0) is 13.8 Å². The van der Waals surface area contributed by atoms with Gasteiger partial charge in [0.2, 0.25) is 20.0 Å². The highest BCUT2D eigenvalue weighted by Gasteiger charge is 2.12. The fourth-order valence-electron chi connectivity index (χ4n) is 1.45. The van der Waals surface area contributed by atoms with Crippen LogP contribution in [0, 0.1) is 0 Å². The van der Waals surface area contributed by atoms with Gasteiger partial charge in [-0.25, -0.2) is 35.9 Å². The van der Waals surface area contributed by atoms with Gasteiger partial charge >= 0.3 is 11.9 Å². The lowest BCUT2D eigenvalue weighted by Gasteiger charge is -2.12. The Labute approximate surface area is 141 Å². The number of ether oxygens (including phenoxy) is 2. The van der Waals surface area contributed by atoms with Crippen molar-refractivity contribution < 1.29 is 35.9 Å². The van der Waals surface area contributed by atoms with E-state index in [4.69, 9.17) is 9.47 Å². The summed E-state index contributed by atoms with van der Waals surface area (Å²) >= 11 is 0. The van der Waals surface area contributed by atoms with Gasteiger partial charge < -0.3 is 9.47 Å². The average Bonchev–Trinajstić information content (AvgIpc) is 2.36. The van der Waals surface area contributed by atoms with Crippen molar-refractivity contribution in [2.75, 3.05) is 25.7 Å². The predicted octanol–water partition coefficient (Wildman–Crippen LogP) is -1.50. The number of hydrogen-bond donors (Lipinski definition) is 2. The molecule has 0 aromatic heterocycles. The number of rotatable bonds is 10. The second-order valence-corrected chi connectivity index (χ2v) is 8.74. The minimum Gasteiger partial charge on any atom is -0.461 e. The molecule has 0 saturated heterocycles. The maximum Gasteiger partial charge on any atom is 0.331 e. The number of carbonyl (C=O) groups excluding carboxylic acids is 2. The zero-order chi connectivity index (χ0) is 19.0. The summed E-state index contributed by atoms with van der Waals surface area (Å²) in [6.45, 7) is 2.59. The van der Waals surface area contributed by atoms with Crippen LogP contribution >= 0.6 is 0 Å². The topological polar surface area (TPSA) is 145 Å². The Hall–Kier alpha value is -1.50. The molecular formula is C12H22N2O8S2. The standard InChI is InChI=1S/C12H22N2O8S2/c1-9(13-23(3,17)18)7-21-11(15)5-6-12(16)22-8-10(2)14-24(4,19)20/h5-6,9-10,13-14H,7-8H2,1-4H3/b6-5+/t9-,10-/m0/s1. The van der Waals surface area contributed by atoms with Crippen LogP contribution in [0.1, 0.15) is 13.8 Å². The van der Waals surface area contributed by atoms with Gasteiger partial charge in [-0.2, -0.15) is 0 Å². The molecule has 12 heteroatoms. The van der Waals surface area contributed by atoms with E-state index in [2.05, 4.69) is 9.44 Å². The lowest BCUT2D eigenvalue weighted by Crippen LogP contribution is -2.35. The van der Waals surface area contributed by atoms with Gasteiger partial charge in [-0.15, -0.1) is 0 Å². The smallest absolute Gasteiger partial charge is 0.331 e. The average molecular weight is 386 g/mol. The molecule has 0 radical (unpaired) electrons. The first-order valence-corrected chi connectivity index (χ1v) is 10.5. The van der Waals surface area contributed by atoms with Crippen molar-refractivity contribution in [2.45, 2.75) is 25.9 Å². The SMILES string of the molecule is C[C@@H](COC(=O)/C=C/C(=O)OC[C@H](C)NS(C)(=O)=O)NS(C)(=O)=O. The summed E-state index contributed by atoms with van der Waals surface area (Å²) in [5, 5.41) is 0. The fourth-order valence-corrected chi connectivity index (χ4v) is 3.04. The van der Waals surface area contributed by atoms with Crippen molar-refractivity contribution in [1.29, 1.82) is 0 Å². The van der Waals surface area contributed by atoms with Crippen LogP contribution in [0.5, 0.6) is 0 Å². The molecule has 0 aliphatic carbocycles. The van der Waals surface area contributed by atoms with E-state index in [9.17, 15) is 26.4 Å². The summed E-state index contributed by atoms with van der Waals surface area (Å²) in [5.41, 5.74) is 0. The number of hydrogen-bond acceptors (Lipinski definition) is 8. The van der Waals surface area contributed by atoms with Crippen molar-refractivity contribution in [3.63, 3.8) is 0 Å². The van der Waals surface area contributed by atoms with Gasteiger partial charge in [0.1, 0.15) is 13.2 Å². The van der Waals surface area contributed by atoms with Gasteiger partial charge in [0.05, 0.1) is 24.6 Å².